The molecule has 1 saturated carbocycles. The monoisotopic (exact) mass is 410 g/mol. The van der Waals surface area contributed by atoms with Gasteiger partial charge in [0.25, 0.3) is 0 Å². The molecule has 2 heteroatoms. The maximum absolute atomic E-state index is 5.34. The van der Waals surface area contributed by atoms with E-state index in [0.29, 0.717) is 23.7 Å². The van der Waals surface area contributed by atoms with Crippen LogP contribution < -0.4 is 0 Å². The molecule has 0 spiro atoms. The first kappa shape index (κ1) is 17.1. The molecule has 0 unspecified atom stereocenters. The van der Waals surface area contributed by atoms with Gasteiger partial charge in [0.05, 0.1) is 0 Å². The fraction of sp³-hybridized carbons (Fsp3) is 0.200. The number of hydrogen-bond donors (Lipinski definition) is 0. The highest BCUT2D eigenvalue weighted by molar-refractivity contribution is 5.66. The second-order valence-corrected chi connectivity index (χ2v) is 9.75. The average molecular weight is 411 g/mol. The van der Waals surface area contributed by atoms with Gasteiger partial charge in [0, 0.05) is 23.7 Å². The van der Waals surface area contributed by atoms with Gasteiger partial charge in [-0.25, -0.2) is 0 Å². The van der Waals surface area contributed by atoms with Crippen molar-refractivity contribution < 1.29 is 0 Å². The summed E-state index contributed by atoms with van der Waals surface area (Å²) in [6, 6.07) is 40.0. The molecule has 2 aliphatic heterocycles. The van der Waals surface area contributed by atoms with E-state index in [-0.39, 0.29) is 11.1 Å². The first-order valence-electron chi connectivity index (χ1n) is 11.6. The predicted molar refractivity (Wildman–Crippen MR) is 125 cm³/mol. The van der Waals surface area contributed by atoms with Gasteiger partial charge < -0.3 is 0 Å². The summed E-state index contributed by atoms with van der Waals surface area (Å²) in [5.41, 5.74) is 7.78. The van der Waals surface area contributed by atoms with Crippen molar-refractivity contribution >= 4 is 0 Å². The molecule has 0 saturated heterocycles. The molecule has 0 amide bonds. The third kappa shape index (κ3) is 1.67. The molecule has 2 bridgehead atoms. The smallest absolute Gasteiger partial charge is 0.121 e. The Balaban J connectivity index is 1.51. The number of fused-ring (bicyclic) bond motifs is 2. The van der Waals surface area contributed by atoms with Gasteiger partial charge in [0.1, 0.15) is 11.1 Å². The SMILES string of the molecule is c1ccc(C23N=NC(c4ccccc4)([C@H]4c5ccccc5[C@@H]42)[C@H]2c4ccccc4[C@@H]23)cc1. The van der Waals surface area contributed by atoms with Gasteiger partial charge in [-0.05, 0) is 33.4 Å². The summed E-state index contributed by atoms with van der Waals surface area (Å²) >= 11 is 0. The molecule has 3 aliphatic carbocycles. The van der Waals surface area contributed by atoms with Gasteiger partial charge in [-0.3, -0.25) is 0 Å². The lowest BCUT2D eigenvalue weighted by Crippen LogP contribution is -2.66. The molecule has 2 nitrogen and oxygen atoms in total. The lowest BCUT2D eigenvalue weighted by Gasteiger charge is -2.71. The van der Waals surface area contributed by atoms with Crippen LogP contribution in [-0.2, 0) is 11.1 Å². The van der Waals surface area contributed by atoms with E-state index in [2.05, 4.69) is 109 Å². The highest BCUT2D eigenvalue weighted by Gasteiger charge is 2.77. The average Bonchev–Trinajstić information content (AvgIpc) is 2.85. The summed E-state index contributed by atoms with van der Waals surface area (Å²) in [5.74, 6) is 1.36. The fourth-order valence-corrected chi connectivity index (χ4v) is 7.69. The maximum Gasteiger partial charge on any atom is 0.121 e. The Morgan fingerprint density at radius 3 is 0.969 bits per heavy atom. The minimum Gasteiger partial charge on any atom is -0.180 e. The molecule has 1 fully saturated rings. The quantitative estimate of drug-likeness (QED) is 0.339. The molecule has 4 aromatic carbocycles. The Labute approximate surface area is 187 Å². The van der Waals surface area contributed by atoms with Crippen molar-refractivity contribution in [3.63, 3.8) is 0 Å². The number of nitrogens with zero attached hydrogens (tertiary/aromatic N) is 2. The van der Waals surface area contributed by atoms with Crippen LogP contribution in [0.1, 0.15) is 57.1 Å². The van der Waals surface area contributed by atoms with Crippen molar-refractivity contribution in [3.8, 4) is 0 Å². The third-order valence-corrected chi connectivity index (χ3v) is 8.75. The van der Waals surface area contributed by atoms with Crippen LogP contribution in [0.4, 0.5) is 0 Å². The topological polar surface area (TPSA) is 24.7 Å². The Bertz CT molecular complexity index is 1240. The maximum atomic E-state index is 5.34. The molecule has 32 heavy (non-hydrogen) atoms. The number of hydrogen-bond acceptors (Lipinski definition) is 2. The van der Waals surface area contributed by atoms with Crippen molar-refractivity contribution in [2.75, 3.05) is 0 Å². The van der Waals surface area contributed by atoms with Gasteiger partial charge in [-0.1, -0.05) is 109 Å². The molecule has 0 aromatic heterocycles. The van der Waals surface area contributed by atoms with Crippen LogP contribution in [0.3, 0.4) is 0 Å². The van der Waals surface area contributed by atoms with E-state index in [1.807, 2.05) is 0 Å². The van der Waals surface area contributed by atoms with Crippen molar-refractivity contribution in [2.24, 2.45) is 10.2 Å². The van der Waals surface area contributed by atoms with E-state index in [0.717, 1.165) is 0 Å². The zero-order valence-electron chi connectivity index (χ0n) is 17.6. The molecule has 0 N–H and O–H groups in total. The molecule has 152 valence electrons. The summed E-state index contributed by atoms with van der Waals surface area (Å²) in [4.78, 5) is 0. The van der Waals surface area contributed by atoms with Crippen molar-refractivity contribution in [2.45, 2.75) is 34.7 Å². The van der Waals surface area contributed by atoms with Gasteiger partial charge >= 0.3 is 0 Å². The summed E-state index contributed by atoms with van der Waals surface area (Å²) in [6.07, 6.45) is 0. The molecule has 0 radical (unpaired) electrons. The number of rotatable bonds is 2. The molecule has 9 rings (SSSR count). The molecule has 2 heterocycles. The van der Waals surface area contributed by atoms with Gasteiger partial charge in [0.15, 0.2) is 0 Å². The Hall–Kier alpha value is -3.52. The second-order valence-electron chi connectivity index (χ2n) is 9.75. The van der Waals surface area contributed by atoms with Crippen LogP contribution in [0.2, 0.25) is 0 Å². The minimum atomic E-state index is -0.337. The van der Waals surface area contributed by atoms with E-state index < -0.39 is 0 Å². The lowest BCUT2D eigenvalue weighted by molar-refractivity contribution is -0.00688. The first-order chi connectivity index (χ1) is 15.9. The van der Waals surface area contributed by atoms with Crippen LogP contribution in [0, 0.1) is 0 Å². The normalized spacial score (nSPS) is 34.4. The van der Waals surface area contributed by atoms with E-state index in [4.69, 9.17) is 10.2 Å². The number of azo groups is 1. The lowest BCUT2D eigenvalue weighted by atomic mass is 9.34. The van der Waals surface area contributed by atoms with Crippen molar-refractivity contribution in [1.29, 1.82) is 0 Å². The molecule has 4 atom stereocenters. The van der Waals surface area contributed by atoms with Gasteiger partial charge in [-0.2, -0.15) is 10.2 Å². The summed E-state index contributed by atoms with van der Waals surface area (Å²) in [7, 11) is 0. The zero-order chi connectivity index (χ0) is 20.9. The summed E-state index contributed by atoms with van der Waals surface area (Å²) < 4.78 is 0. The standard InChI is InChI=1S/C30H22N2/c1-3-11-19(12-4-1)29-25-21-15-7-9-17-23(21)27(25)30(32-31-29,20-13-5-2-6-14-20)28-24-18-10-8-16-22(24)26(28)29/h1-18,25-28H/t25-,26-,27-,28-,29?,30?/m0/s1. The molecule has 4 aromatic rings. The van der Waals surface area contributed by atoms with E-state index >= 15 is 0 Å². The van der Waals surface area contributed by atoms with Gasteiger partial charge in [0.2, 0.25) is 0 Å². The number of benzene rings is 4. The van der Waals surface area contributed by atoms with Crippen LogP contribution in [0.25, 0.3) is 0 Å². The largest absolute Gasteiger partial charge is 0.180 e. The second kappa shape index (κ2) is 5.63. The van der Waals surface area contributed by atoms with Gasteiger partial charge in [-0.15, -0.1) is 0 Å². The van der Waals surface area contributed by atoms with Crippen LogP contribution in [0.15, 0.2) is 119 Å². The summed E-state index contributed by atoms with van der Waals surface area (Å²) in [5, 5.41) is 10.7. The molecular weight excluding hydrogens is 388 g/mol. The summed E-state index contributed by atoms with van der Waals surface area (Å²) in [6.45, 7) is 0. The molecular formula is C30H22N2. The highest BCUT2D eigenvalue weighted by Crippen LogP contribution is 2.82. The van der Waals surface area contributed by atoms with E-state index in [1.165, 1.54) is 33.4 Å². The fourth-order valence-electron chi connectivity index (χ4n) is 7.69. The van der Waals surface area contributed by atoms with E-state index in [1.54, 1.807) is 0 Å². The minimum absolute atomic E-state index is 0.337. The van der Waals surface area contributed by atoms with E-state index in [9.17, 15) is 0 Å². The highest BCUT2D eigenvalue weighted by atomic mass is 15.3. The predicted octanol–water partition coefficient (Wildman–Crippen LogP) is 7.02. The Morgan fingerprint density at radius 1 is 0.375 bits per heavy atom. The Morgan fingerprint density at radius 2 is 0.656 bits per heavy atom. The van der Waals surface area contributed by atoms with Crippen molar-refractivity contribution in [1.82, 2.24) is 0 Å². The van der Waals surface area contributed by atoms with Crippen LogP contribution in [-0.4, -0.2) is 0 Å². The van der Waals surface area contributed by atoms with Crippen molar-refractivity contribution in [3.05, 3.63) is 143 Å². The Kier molecular flexibility index (Phi) is 3.01. The first-order valence-corrected chi connectivity index (χ1v) is 11.6. The van der Waals surface area contributed by atoms with Crippen LogP contribution >= 0.6 is 0 Å². The zero-order valence-corrected chi connectivity index (χ0v) is 17.6. The van der Waals surface area contributed by atoms with Crippen LogP contribution in [0.5, 0.6) is 0 Å². The third-order valence-electron chi connectivity index (χ3n) is 8.75. The molecule has 5 aliphatic rings.